The summed E-state index contributed by atoms with van der Waals surface area (Å²) in [6.45, 7) is 3.79. The molecule has 1 aromatic rings. The lowest BCUT2D eigenvalue weighted by atomic mass is 10.1. The van der Waals surface area contributed by atoms with Gasteiger partial charge in [0.2, 0.25) is 0 Å². The van der Waals surface area contributed by atoms with E-state index >= 15 is 0 Å². The van der Waals surface area contributed by atoms with Crippen LogP contribution in [0.5, 0.6) is 0 Å². The number of aromatic nitrogens is 4. The van der Waals surface area contributed by atoms with Crippen molar-refractivity contribution in [3.05, 3.63) is 5.82 Å². The van der Waals surface area contributed by atoms with Crippen molar-refractivity contribution in [2.24, 2.45) is 11.8 Å². The lowest BCUT2D eigenvalue weighted by Gasteiger charge is -2.22. The number of carbonyl (C=O) groups excluding carboxylic acids is 1. The summed E-state index contributed by atoms with van der Waals surface area (Å²) >= 11 is 0. The predicted octanol–water partition coefficient (Wildman–Crippen LogP) is 0.723. The third-order valence-corrected chi connectivity index (χ3v) is 4.31. The fourth-order valence-electron chi connectivity index (χ4n) is 3.01. The van der Waals surface area contributed by atoms with E-state index in [-0.39, 0.29) is 12.1 Å². The summed E-state index contributed by atoms with van der Waals surface area (Å²) < 4.78 is 1.80. The summed E-state index contributed by atoms with van der Waals surface area (Å²) in [6.07, 6.45) is 5.39. The van der Waals surface area contributed by atoms with E-state index in [0.717, 1.165) is 31.3 Å². The number of carbonyl (C=O) groups is 1. The molecule has 2 aliphatic rings. The van der Waals surface area contributed by atoms with Gasteiger partial charge in [-0.05, 0) is 35.1 Å². The number of fused-ring (bicyclic) bond motifs is 1. The van der Waals surface area contributed by atoms with Gasteiger partial charge in [0.05, 0.1) is 0 Å². The Bertz CT molecular complexity index is 473. The van der Waals surface area contributed by atoms with Crippen molar-refractivity contribution in [3.8, 4) is 0 Å². The zero-order valence-electron chi connectivity index (χ0n) is 11.9. The number of amides is 2. The van der Waals surface area contributed by atoms with E-state index in [1.54, 1.807) is 4.68 Å². The van der Waals surface area contributed by atoms with Crippen LogP contribution in [-0.2, 0) is 13.0 Å². The Morgan fingerprint density at radius 2 is 2.35 bits per heavy atom. The molecule has 7 nitrogen and oxygen atoms in total. The minimum Gasteiger partial charge on any atom is -0.338 e. The first-order chi connectivity index (χ1) is 9.76. The van der Waals surface area contributed by atoms with Crippen LogP contribution in [0, 0.1) is 11.8 Å². The van der Waals surface area contributed by atoms with Gasteiger partial charge in [-0.3, -0.25) is 0 Å². The lowest BCUT2D eigenvalue weighted by Crippen LogP contribution is -2.46. The third-order valence-electron chi connectivity index (χ3n) is 4.31. The molecule has 0 saturated heterocycles. The van der Waals surface area contributed by atoms with Gasteiger partial charge in [0.1, 0.15) is 0 Å². The first-order valence-electron chi connectivity index (χ1n) is 7.55. The van der Waals surface area contributed by atoms with Gasteiger partial charge in [0.25, 0.3) is 0 Å². The Morgan fingerprint density at radius 1 is 1.45 bits per heavy atom. The quantitative estimate of drug-likeness (QED) is 0.831. The van der Waals surface area contributed by atoms with E-state index in [4.69, 9.17) is 0 Å². The van der Waals surface area contributed by atoms with Gasteiger partial charge < -0.3 is 10.6 Å². The first kappa shape index (κ1) is 13.3. The second-order valence-corrected chi connectivity index (χ2v) is 5.91. The molecule has 0 bridgehead atoms. The average Bonchev–Trinajstić information content (AvgIpc) is 3.00. The molecule has 2 heterocycles. The monoisotopic (exact) mass is 278 g/mol. The maximum absolute atomic E-state index is 11.9. The summed E-state index contributed by atoms with van der Waals surface area (Å²) in [4.78, 5) is 11.9. The highest BCUT2D eigenvalue weighted by Crippen LogP contribution is 2.41. The molecule has 20 heavy (non-hydrogen) atoms. The zero-order valence-corrected chi connectivity index (χ0v) is 11.9. The van der Waals surface area contributed by atoms with Crippen molar-refractivity contribution in [1.29, 1.82) is 0 Å². The Balaban J connectivity index is 1.37. The second-order valence-electron chi connectivity index (χ2n) is 5.91. The Morgan fingerprint density at radius 3 is 3.20 bits per heavy atom. The smallest absolute Gasteiger partial charge is 0.315 e. The SMILES string of the molecule is CCC[C@@H]1C[C@H]1CNC(=O)NC1CCn2nnnc2C1. The first-order valence-corrected chi connectivity index (χ1v) is 7.55. The number of hydrogen-bond acceptors (Lipinski definition) is 4. The number of nitrogens with one attached hydrogen (secondary N) is 2. The van der Waals surface area contributed by atoms with Gasteiger partial charge in [-0.25, -0.2) is 9.48 Å². The molecule has 3 atom stereocenters. The molecule has 2 amide bonds. The molecule has 1 aliphatic carbocycles. The molecule has 0 spiro atoms. The van der Waals surface area contributed by atoms with E-state index in [9.17, 15) is 4.79 Å². The minimum atomic E-state index is -0.0573. The van der Waals surface area contributed by atoms with E-state index in [1.807, 2.05) is 0 Å². The van der Waals surface area contributed by atoms with E-state index in [1.165, 1.54) is 19.3 Å². The molecule has 0 aromatic carbocycles. The Kier molecular flexibility index (Phi) is 3.84. The highest BCUT2D eigenvalue weighted by Gasteiger charge is 2.35. The molecule has 1 fully saturated rings. The van der Waals surface area contributed by atoms with Crippen molar-refractivity contribution < 1.29 is 4.79 Å². The molecule has 1 aromatic heterocycles. The van der Waals surface area contributed by atoms with E-state index in [0.29, 0.717) is 12.3 Å². The van der Waals surface area contributed by atoms with Gasteiger partial charge in [-0.15, -0.1) is 5.10 Å². The molecule has 110 valence electrons. The van der Waals surface area contributed by atoms with Gasteiger partial charge in [-0.1, -0.05) is 19.8 Å². The van der Waals surface area contributed by atoms with Crippen LogP contribution in [0.3, 0.4) is 0 Å². The summed E-state index contributed by atoms with van der Waals surface area (Å²) in [6, 6.07) is 0.0808. The van der Waals surface area contributed by atoms with Gasteiger partial charge >= 0.3 is 6.03 Å². The number of urea groups is 1. The number of rotatable bonds is 5. The van der Waals surface area contributed by atoms with Crippen LogP contribution in [0.2, 0.25) is 0 Å². The lowest BCUT2D eigenvalue weighted by molar-refractivity contribution is 0.232. The van der Waals surface area contributed by atoms with Crippen LogP contribution in [-0.4, -0.2) is 38.8 Å². The summed E-state index contributed by atoms with van der Waals surface area (Å²) in [5.41, 5.74) is 0. The van der Waals surface area contributed by atoms with Crippen molar-refractivity contribution in [1.82, 2.24) is 30.8 Å². The average molecular weight is 278 g/mol. The second kappa shape index (κ2) is 5.76. The van der Waals surface area contributed by atoms with Gasteiger partial charge in [0.15, 0.2) is 5.82 Å². The summed E-state index contributed by atoms with van der Waals surface area (Å²) in [5, 5.41) is 17.5. The molecule has 7 heteroatoms. The molecular formula is C13H22N6O. The van der Waals surface area contributed by atoms with Crippen LogP contribution < -0.4 is 10.6 Å². The highest BCUT2D eigenvalue weighted by atomic mass is 16.2. The zero-order chi connectivity index (χ0) is 13.9. The Hall–Kier alpha value is -1.66. The van der Waals surface area contributed by atoms with E-state index in [2.05, 4.69) is 33.1 Å². The van der Waals surface area contributed by atoms with Crippen molar-refractivity contribution in [2.45, 2.75) is 51.6 Å². The van der Waals surface area contributed by atoms with Crippen molar-refractivity contribution in [3.63, 3.8) is 0 Å². The number of tetrazole rings is 1. The van der Waals surface area contributed by atoms with Gasteiger partial charge in [0, 0.05) is 25.6 Å². The van der Waals surface area contributed by atoms with Crippen LogP contribution in [0.1, 0.15) is 38.4 Å². The number of hydrogen-bond donors (Lipinski definition) is 2. The standard InChI is InChI=1S/C13H22N6O/c1-2-3-9-6-10(9)8-14-13(20)15-11-4-5-19-12(7-11)16-17-18-19/h9-11H,2-8H2,1H3,(H2,14,15,20)/t9-,10+,11?/m1/s1. The fourth-order valence-corrected chi connectivity index (χ4v) is 3.01. The van der Waals surface area contributed by atoms with Crippen LogP contribution in [0.4, 0.5) is 4.79 Å². The molecule has 0 radical (unpaired) electrons. The molecule has 2 N–H and O–H groups in total. The van der Waals surface area contributed by atoms with Crippen LogP contribution >= 0.6 is 0 Å². The maximum Gasteiger partial charge on any atom is 0.315 e. The van der Waals surface area contributed by atoms with Crippen molar-refractivity contribution in [2.75, 3.05) is 6.54 Å². The molecule has 1 aliphatic heterocycles. The molecular weight excluding hydrogens is 256 g/mol. The molecule has 3 rings (SSSR count). The minimum absolute atomic E-state index is 0.0573. The largest absolute Gasteiger partial charge is 0.338 e. The summed E-state index contributed by atoms with van der Waals surface area (Å²) in [5.74, 6) is 2.38. The third kappa shape index (κ3) is 3.08. The Labute approximate surface area is 118 Å². The summed E-state index contributed by atoms with van der Waals surface area (Å²) in [7, 11) is 0. The molecule has 1 saturated carbocycles. The van der Waals surface area contributed by atoms with Gasteiger partial charge in [-0.2, -0.15) is 0 Å². The van der Waals surface area contributed by atoms with Crippen LogP contribution in [0.25, 0.3) is 0 Å². The topological polar surface area (TPSA) is 84.7 Å². The highest BCUT2D eigenvalue weighted by molar-refractivity contribution is 5.74. The van der Waals surface area contributed by atoms with Crippen molar-refractivity contribution >= 4 is 6.03 Å². The maximum atomic E-state index is 11.9. The molecule has 1 unspecified atom stereocenters. The van der Waals surface area contributed by atoms with E-state index < -0.39 is 0 Å². The number of nitrogens with zero attached hydrogens (tertiary/aromatic N) is 4. The number of aryl methyl sites for hydroxylation is 1. The van der Waals surface area contributed by atoms with Crippen LogP contribution in [0.15, 0.2) is 0 Å². The predicted molar refractivity (Wildman–Crippen MR) is 73.0 cm³/mol. The fraction of sp³-hybridized carbons (Fsp3) is 0.846. The normalized spacial score (nSPS) is 27.8.